The summed E-state index contributed by atoms with van der Waals surface area (Å²) in [7, 11) is 0. The number of fused-ring (bicyclic) bond motifs is 4. The summed E-state index contributed by atoms with van der Waals surface area (Å²) in [5.41, 5.74) is 7.82. The van der Waals surface area contributed by atoms with Crippen LogP contribution in [0.5, 0.6) is 0 Å². The van der Waals surface area contributed by atoms with Crippen LogP contribution in [-0.4, -0.2) is 35.3 Å². The quantitative estimate of drug-likeness (QED) is 0.188. The largest absolute Gasteiger partial charge is 0.448 e. The number of rotatable bonds is 7. The van der Waals surface area contributed by atoms with E-state index in [9.17, 15) is 19.2 Å². The molecule has 4 amide bonds. The van der Waals surface area contributed by atoms with Gasteiger partial charge in [-0.15, -0.1) is 0 Å². The fourth-order valence-corrected chi connectivity index (χ4v) is 6.21. The van der Waals surface area contributed by atoms with Crippen LogP contribution in [0.1, 0.15) is 59.2 Å². The number of amides is 4. The maximum Gasteiger partial charge on any atom is 0.411 e. The van der Waals surface area contributed by atoms with Gasteiger partial charge in [0.15, 0.2) is 0 Å². The van der Waals surface area contributed by atoms with Crippen LogP contribution in [-0.2, 0) is 11.3 Å². The normalized spacial score (nSPS) is 13.2. The van der Waals surface area contributed by atoms with Gasteiger partial charge in [0, 0.05) is 11.6 Å². The van der Waals surface area contributed by atoms with Crippen LogP contribution in [0.25, 0.3) is 11.1 Å². The Balaban J connectivity index is 1.03. The highest BCUT2D eigenvalue weighted by atomic mass is 16.5. The van der Waals surface area contributed by atoms with Crippen LogP contribution >= 0.6 is 0 Å². The molecule has 0 saturated carbocycles. The Kier molecular flexibility index (Phi) is 7.38. The number of hydrogen-bond acceptors (Lipinski definition) is 5. The first-order chi connectivity index (χ1) is 22.4. The van der Waals surface area contributed by atoms with E-state index in [2.05, 4.69) is 34.9 Å². The molecule has 46 heavy (non-hydrogen) atoms. The van der Waals surface area contributed by atoms with Gasteiger partial charge in [0.2, 0.25) is 0 Å². The molecule has 0 saturated heterocycles. The molecule has 226 valence electrons. The fourth-order valence-electron chi connectivity index (χ4n) is 6.21. The number of benzene rings is 5. The van der Waals surface area contributed by atoms with Crippen molar-refractivity contribution in [2.75, 3.05) is 17.2 Å². The van der Waals surface area contributed by atoms with Crippen LogP contribution in [0, 0.1) is 6.92 Å². The third kappa shape index (κ3) is 5.30. The molecule has 0 bridgehead atoms. The maximum absolute atomic E-state index is 13.5. The molecule has 0 aromatic heterocycles. The molecule has 1 heterocycles. The molecule has 7 rings (SSSR count). The zero-order valence-corrected chi connectivity index (χ0v) is 24.9. The van der Waals surface area contributed by atoms with Crippen molar-refractivity contribution < 1.29 is 23.9 Å². The van der Waals surface area contributed by atoms with Crippen molar-refractivity contribution in [3.63, 3.8) is 0 Å². The predicted octanol–water partition coefficient (Wildman–Crippen LogP) is 7.40. The number of carbonyl (C=O) groups is 4. The topological polar surface area (TPSA) is 105 Å². The Labute approximate surface area is 265 Å². The Bertz CT molecular complexity index is 1970. The van der Waals surface area contributed by atoms with E-state index in [4.69, 9.17) is 4.74 Å². The number of aryl methyl sites for hydroxylation is 1. The SMILES string of the molecule is Cc1ccc(NC(=O)OCC2c3ccccc3-c3ccccc32)c(C(=O)Nc2cccc(CN3C(=O)c4ccccc4C3=O)c2)c1. The second-order valence-corrected chi connectivity index (χ2v) is 11.4. The molecule has 1 aliphatic carbocycles. The van der Waals surface area contributed by atoms with Gasteiger partial charge in [-0.05, 0) is 71.1 Å². The Hall–Kier alpha value is -6.02. The second kappa shape index (κ2) is 11.8. The zero-order chi connectivity index (χ0) is 31.8. The van der Waals surface area contributed by atoms with Gasteiger partial charge >= 0.3 is 6.09 Å². The van der Waals surface area contributed by atoms with Gasteiger partial charge in [-0.1, -0.05) is 84.4 Å². The molecule has 5 aromatic rings. The van der Waals surface area contributed by atoms with Crippen molar-refractivity contribution in [1.82, 2.24) is 4.90 Å². The van der Waals surface area contributed by atoms with Crippen molar-refractivity contribution in [2.24, 2.45) is 0 Å². The third-order valence-corrected chi connectivity index (χ3v) is 8.40. The van der Waals surface area contributed by atoms with E-state index in [-0.39, 0.29) is 36.4 Å². The molecular formula is C38H29N3O5. The molecule has 2 aliphatic rings. The lowest BCUT2D eigenvalue weighted by molar-refractivity contribution is 0.0641. The molecule has 0 fully saturated rings. The van der Waals surface area contributed by atoms with Gasteiger partial charge in [-0.3, -0.25) is 24.6 Å². The van der Waals surface area contributed by atoms with Crippen LogP contribution < -0.4 is 10.6 Å². The van der Waals surface area contributed by atoms with E-state index in [1.54, 1.807) is 66.7 Å². The molecule has 8 nitrogen and oxygen atoms in total. The number of nitrogens with zero attached hydrogens (tertiary/aromatic N) is 1. The van der Waals surface area contributed by atoms with Crippen molar-refractivity contribution in [2.45, 2.75) is 19.4 Å². The summed E-state index contributed by atoms with van der Waals surface area (Å²) in [6, 6.07) is 35.1. The lowest BCUT2D eigenvalue weighted by Gasteiger charge is -2.17. The first-order valence-electron chi connectivity index (χ1n) is 15.0. The second-order valence-electron chi connectivity index (χ2n) is 11.4. The van der Waals surface area contributed by atoms with Crippen LogP contribution in [0.4, 0.5) is 16.2 Å². The molecule has 2 N–H and O–H groups in total. The molecule has 8 heteroatoms. The Morgan fingerprint density at radius 3 is 1.96 bits per heavy atom. The summed E-state index contributed by atoms with van der Waals surface area (Å²) in [6.07, 6.45) is -0.664. The molecule has 0 unspecified atom stereocenters. The number of hydrogen-bond donors (Lipinski definition) is 2. The smallest absolute Gasteiger partial charge is 0.411 e. The summed E-state index contributed by atoms with van der Waals surface area (Å²) in [4.78, 5) is 53.4. The van der Waals surface area contributed by atoms with Crippen molar-refractivity contribution in [3.8, 4) is 11.1 Å². The molecule has 1 aliphatic heterocycles. The minimum atomic E-state index is -0.664. The van der Waals surface area contributed by atoms with Crippen molar-refractivity contribution in [3.05, 3.63) is 154 Å². The average molecular weight is 608 g/mol. The third-order valence-electron chi connectivity index (χ3n) is 8.40. The minimum Gasteiger partial charge on any atom is -0.448 e. The number of ether oxygens (including phenoxy) is 1. The summed E-state index contributed by atoms with van der Waals surface area (Å²) < 4.78 is 5.71. The van der Waals surface area contributed by atoms with Gasteiger partial charge in [-0.2, -0.15) is 0 Å². The average Bonchev–Trinajstić information content (AvgIpc) is 3.52. The van der Waals surface area contributed by atoms with E-state index in [1.165, 1.54) is 4.90 Å². The maximum atomic E-state index is 13.5. The van der Waals surface area contributed by atoms with E-state index in [0.717, 1.165) is 27.8 Å². The van der Waals surface area contributed by atoms with Gasteiger partial charge < -0.3 is 10.1 Å². The summed E-state index contributed by atoms with van der Waals surface area (Å²) in [5.74, 6) is -1.22. The van der Waals surface area contributed by atoms with Crippen molar-refractivity contribution >= 4 is 35.2 Å². The highest BCUT2D eigenvalue weighted by molar-refractivity contribution is 6.21. The van der Waals surface area contributed by atoms with E-state index < -0.39 is 12.0 Å². The lowest BCUT2D eigenvalue weighted by Crippen LogP contribution is -2.29. The van der Waals surface area contributed by atoms with Crippen LogP contribution in [0.15, 0.2) is 115 Å². The number of anilines is 2. The first kappa shape index (κ1) is 28.7. The fraction of sp³-hybridized carbons (Fsp3) is 0.105. The summed E-state index contributed by atoms with van der Waals surface area (Å²) in [6.45, 7) is 2.07. The highest BCUT2D eigenvalue weighted by Gasteiger charge is 2.35. The molecule has 0 atom stereocenters. The Morgan fingerprint density at radius 1 is 0.696 bits per heavy atom. The standard InChI is InChI=1S/C38H29N3O5/c1-23-17-18-34(40-38(45)46-22-33-28-13-4-2-11-26(28)27-12-3-5-14-29(27)33)32(19-23)35(42)39-25-10-8-9-24(20-25)21-41-36(43)30-15-6-7-16-31(30)37(41)44/h2-20,33H,21-22H2,1H3,(H,39,42)(H,40,45). The molecule has 5 aromatic carbocycles. The monoisotopic (exact) mass is 607 g/mol. The zero-order valence-electron chi connectivity index (χ0n) is 24.9. The summed E-state index contributed by atoms with van der Waals surface area (Å²) in [5, 5.41) is 5.63. The number of imide groups is 1. The van der Waals surface area contributed by atoms with Gasteiger partial charge in [0.25, 0.3) is 17.7 Å². The molecule has 0 radical (unpaired) electrons. The Morgan fingerprint density at radius 2 is 1.30 bits per heavy atom. The first-order valence-corrected chi connectivity index (χ1v) is 15.0. The minimum absolute atomic E-state index is 0.0646. The van der Waals surface area contributed by atoms with E-state index in [0.29, 0.717) is 28.1 Å². The number of carbonyl (C=O) groups excluding carboxylic acids is 4. The van der Waals surface area contributed by atoms with Gasteiger partial charge in [0.05, 0.1) is 28.9 Å². The van der Waals surface area contributed by atoms with Crippen LogP contribution in [0.3, 0.4) is 0 Å². The highest BCUT2D eigenvalue weighted by Crippen LogP contribution is 2.44. The van der Waals surface area contributed by atoms with E-state index in [1.807, 2.05) is 31.2 Å². The summed E-state index contributed by atoms with van der Waals surface area (Å²) >= 11 is 0. The molecule has 0 spiro atoms. The van der Waals surface area contributed by atoms with Crippen LogP contribution in [0.2, 0.25) is 0 Å². The predicted molar refractivity (Wildman–Crippen MR) is 175 cm³/mol. The van der Waals surface area contributed by atoms with Gasteiger partial charge in [-0.25, -0.2) is 4.79 Å². The lowest BCUT2D eigenvalue weighted by atomic mass is 9.98. The molecular weight excluding hydrogens is 578 g/mol. The van der Waals surface area contributed by atoms with Gasteiger partial charge in [0.1, 0.15) is 6.61 Å². The van der Waals surface area contributed by atoms with E-state index >= 15 is 0 Å². The number of nitrogens with one attached hydrogen (secondary N) is 2. The van der Waals surface area contributed by atoms with Crippen molar-refractivity contribution in [1.29, 1.82) is 0 Å².